The molecule has 3 aromatic rings. The highest BCUT2D eigenvalue weighted by molar-refractivity contribution is 5.52. The summed E-state index contributed by atoms with van der Waals surface area (Å²) < 4.78 is 20.0. The molecule has 0 aliphatic rings. The van der Waals surface area contributed by atoms with Crippen molar-refractivity contribution < 1.29 is 13.9 Å². The summed E-state index contributed by atoms with van der Waals surface area (Å²) in [5.74, 6) is 5.73. The van der Waals surface area contributed by atoms with Gasteiger partial charge in [0, 0.05) is 11.8 Å². The molecule has 23 heavy (non-hydrogen) atoms. The molecule has 0 unspecified atom stereocenters. The van der Waals surface area contributed by atoms with E-state index in [0.29, 0.717) is 17.0 Å². The quantitative estimate of drug-likeness (QED) is 0.549. The minimum Gasteiger partial charge on any atom is -0.367 e. The van der Waals surface area contributed by atoms with Gasteiger partial charge in [-0.2, -0.15) is 0 Å². The molecule has 0 aliphatic heterocycles. The van der Waals surface area contributed by atoms with Crippen LogP contribution in [0.5, 0.6) is 0 Å². The maximum absolute atomic E-state index is 12.9. The maximum Gasteiger partial charge on any atom is 0.226 e. The molecular weight excluding hydrogens is 295 g/mol. The summed E-state index contributed by atoms with van der Waals surface area (Å²) in [5.41, 5.74) is 2.76. The Morgan fingerprint density at radius 2 is 1.96 bits per heavy atom. The summed E-state index contributed by atoms with van der Waals surface area (Å²) in [6.45, 7) is 0.0586. The first-order valence-electron chi connectivity index (χ1n) is 6.94. The molecule has 2 aromatic heterocycles. The Kier molecular flexibility index (Phi) is 4.46. The Bertz CT molecular complexity index is 889. The van der Waals surface area contributed by atoms with E-state index in [1.54, 1.807) is 18.4 Å². The molecule has 0 saturated heterocycles. The molecule has 2 heterocycles. The highest BCUT2D eigenvalue weighted by Gasteiger charge is 2.10. The second-order valence-corrected chi connectivity index (χ2v) is 4.73. The molecule has 4 nitrogen and oxygen atoms in total. The van der Waals surface area contributed by atoms with Gasteiger partial charge in [0.2, 0.25) is 6.29 Å². The van der Waals surface area contributed by atoms with Gasteiger partial charge < -0.3 is 4.74 Å². The van der Waals surface area contributed by atoms with Gasteiger partial charge in [-0.05, 0) is 42.3 Å². The highest BCUT2D eigenvalue weighted by Crippen LogP contribution is 2.13. The maximum atomic E-state index is 12.9. The average Bonchev–Trinajstić information content (AvgIpc) is 2.92. The van der Waals surface area contributed by atoms with Gasteiger partial charge in [0.15, 0.2) is 0 Å². The van der Waals surface area contributed by atoms with E-state index in [1.165, 1.54) is 12.1 Å². The summed E-state index contributed by atoms with van der Waals surface area (Å²) >= 11 is 0. The number of fused-ring (bicyclic) bond motifs is 1. The van der Waals surface area contributed by atoms with Crippen molar-refractivity contribution in [1.29, 1.82) is 0 Å². The van der Waals surface area contributed by atoms with Crippen LogP contribution < -0.4 is 0 Å². The monoisotopic (exact) mass is 307 g/mol. The number of aromatic nitrogens is 2. The number of hydrogen-bond donors (Lipinski definition) is 0. The molecule has 0 saturated carbocycles. The van der Waals surface area contributed by atoms with Crippen molar-refractivity contribution in [3.05, 3.63) is 71.4 Å². The largest absolute Gasteiger partial charge is 0.367 e. The molecule has 1 radical (unpaired) electrons. The lowest BCUT2D eigenvalue weighted by Crippen LogP contribution is -1.99. The fourth-order valence-corrected chi connectivity index (χ4v) is 2.13. The zero-order chi connectivity index (χ0) is 16.1. The predicted octanol–water partition coefficient (Wildman–Crippen LogP) is 2.50. The summed E-state index contributed by atoms with van der Waals surface area (Å²) in [6, 6.07) is 11.6. The number of imidazole rings is 1. The molecular formula is C18H12FN2O2. The lowest BCUT2D eigenvalue weighted by Gasteiger charge is -1.98. The van der Waals surface area contributed by atoms with Gasteiger partial charge in [0.1, 0.15) is 29.5 Å². The number of benzene rings is 1. The lowest BCUT2D eigenvalue weighted by atomic mass is 10.2. The first-order valence-corrected chi connectivity index (χ1v) is 6.94. The van der Waals surface area contributed by atoms with Crippen LogP contribution in [0.1, 0.15) is 17.0 Å². The molecule has 0 atom stereocenters. The van der Waals surface area contributed by atoms with E-state index in [-0.39, 0.29) is 19.0 Å². The fourth-order valence-electron chi connectivity index (χ4n) is 2.13. The van der Waals surface area contributed by atoms with E-state index in [1.807, 2.05) is 28.8 Å². The van der Waals surface area contributed by atoms with Gasteiger partial charge >= 0.3 is 0 Å². The molecule has 0 aliphatic carbocycles. The van der Waals surface area contributed by atoms with Crippen LogP contribution in [-0.4, -0.2) is 22.3 Å². The Hall–Kier alpha value is -2.97. The van der Waals surface area contributed by atoms with Crippen LogP contribution in [0.15, 0.2) is 48.7 Å². The zero-order valence-electron chi connectivity index (χ0n) is 12.1. The van der Waals surface area contributed by atoms with Crippen molar-refractivity contribution in [3.63, 3.8) is 0 Å². The van der Waals surface area contributed by atoms with Gasteiger partial charge in [0.05, 0.1) is 6.61 Å². The molecule has 1 aromatic carbocycles. The third-order valence-electron chi connectivity index (χ3n) is 3.17. The summed E-state index contributed by atoms with van der Waals surface area (Å²) in [5, 5.41) is 0. The number of rotatable bonds is 4. The lowest BCUT2D eigenvalue weighted by molar-refractivity contribution is 0.153. The van der Waals surface area contributed by atoms with E-state index in [0.717, 1.165) is 5.65 Å². The number of ether oxygens (including phenoxy) is 1. The molecule has 5 heteroatoms. The first kappa shape index (κ1) is 14.9. The van der Waals surface area contributed by atoms with Gasteiger partial charge in [-0.25, -0.2) is 9.37 Å². The third kappa shape index (κ3) is 3.44. The molecule has 113 valence electrons. The van der Waals surface area contributed by atoms with Crippen molar-refractivity contribution in [2.75, 3.05) is 6.61 Å². The van der Waals surface area contributed by atoms with E-state index >= 15 is 0 Å². The van der Waals surface area contributed by atoms with Crippen LogP contribution >= 0.6 is 0 Å². The molecule has 0 bridgehead atoms. The Morgan fingerprint density at radius 3 is 2.74 bits per heavy atom. The van der Waals surface area contributed by atoms with Crippen molar-refractivity contribution in [2.24, 2.45) is 0 Å². The summed E-state index contributed by atoms with van der Waals surface area (Å²) in [7, 11) is 0. The molecule has 0 spiro atoms. The van der Waals surface area contributed by atoms with Crippen LogP contribution in [-0.2, 0) is 16.1 Å². The van der Waals surface area contributed by atoms with Gasteiger partial charge in [-0.3, -0.25) is 9.20 Å². The first-order chi connectivity index (χ1) is 11.3. The normalized spacial score (nSPS) is 10.3. The van der Waals surface area contributed by atoms with Gasteiger partial charge in [-0.1, -0.05) is 12.0 Å². The summed E-state index contributed by atoms with van der Waals surface area (Å²) in [4.78, 5) is 14.7. The predicted molar refractivity (Wildman–Crippen MR) is 82.9 cm³/mol. The zero-order valence-corrected chi connectivity index (χ0v) is 12.1. The van der Waals surface area contributed by atoms with Gasteiger partial charge in [0.25, 0.3) is 0 Å². The summed E-state index contributed by atoms with van der Waals surface area (Å²) in [6.07, 6.45) is 3.53. The van der Waals surface area contributed by atoms with Crippen LogP contribution in [0.2, 0.25) is 0 Å². The van der Waals surface area contributed by atoms with Crippen LogP contribution in [0.3, 0.4) is 0 Å². The number of carbonyl (C=O) groups excluding carboxylic acids is 1. The fraction of sp³-hybridized carbons (Fsp3) is 0.111. The average molecular weight is 307 g/mol. The minimum atomic E-state index is -0.301. The molecule has 0 N–H and O–H groups in total. The van der Waals surface area contributed by atoms with E-state index in [4.69, 9.17) is 4.74 Å². The van der Waals surface area contributed by atoms with Crippen LogP contribution in [0.4, 0.5) is 4.39 Å². The molecule has 3 rings (SSSR count). The minimum absolute atomic E-state index is 0.112. The number of pyridine rings is 1. The van der Waals surface area contributed by atoms with Crippen molar-refractivity contribution in [3.8, 4) is 11.8 Å². The smallest absolute Gasteiger partial charge is 0.226 e. The Morgan fingerprint density at radius 1 is 1.13 bits per heavy atom. The van der Waals surface area contributed by atoms with E-state index in [9.17, 15) is 9.18 Å². The van der Waals surface area contributed by atoms with Crippen molar-refractivity contribution in [2.45, 2.75) is 6.61 Å². The molecule has 0 amide bonds. The molecule has 0 fully saturated rings. The number of nitrogens with zero attached hydrogens (tertiary/aromatic N) is 2. The highest BCUT2D eigenvalue weighted by atomic mass is 19.1. The number of halogens is 1. The standard InChI is InChI=1S/C18H12FN2O2/c19-15-7-4-14(5-8-15)6-9-17-16(13-23-12-11-22)20-18-3-1-2-10-21(17)18/h1-5,7-8,10H,12-13H2. The topological polar surface area (TPSA) is 43.6 Å². The third-order valence-corrected chi connectivity index (χ3v) is 3.17. The van der Waals surface area contributed by atoms with E-state index in [2.05, 4.69) is 16.8 Å². The van der Waals surface area contributed by atoms with Crippen LogP contribution in [0, 0.1) is 17.7 Å². The SMILES string of the molecule is O=[C]COCc1nc2ccccn2c1C#Cc1ccc(F)cc1. The van der Waals surface area contributed by atoms with Crippen molar-refractivity contribution >= 4 is 11.9 Å². The van der Waals surface area contributed by atoms with Crippen LogP contribution in [0.25, 0.3) is 5.65 Å². The second kappa shape index (κ2) is 6.86. The number of hydrogen-bond acceptors (Lipinski definition) is 3. The second-order valence-electron chi connectivity index (χ2n) is 4.73. The van der Waals surface area contributed by atoms with E-state index < -0.39 is 0 Å². The van der Waals surface area contributed by atoms with Gasteiger partial charge in [-0.15, -0.1) is 0 Å². The Balaban J connectivity index is 1.99. The Labute approximate surface area is 132 Å². The van der Waals surface area contributed by atoms with Crippen molar-refractivity contribution in [1.82, 2.24) is 9.38 Å².